The van der Waals surface area contributed by atoms with Crippen LogP contribution in [0.15, 0.2) is 12.7 Å². The van der Waals surface area contributed by atoms with Gasteiger partial charge in [0.2, 0.25) is 0 Å². The second-order valence-electron chi connectivity index (χ2n) is 5.61. The molecule has 0 radical (unpaired) electrons. The van der Waals surface area contributed by atoms with Gasteiger partial charge < -0.3 is 9.47 Å². The highest BCUT2D eigenvalue weighted by Crippen LogP contribution is 2.32. The maximum atomic E-state index is 12.0. The monoisotopic (exact) mass is 296 g/mol. The van der Waals surface area contributed by atoms with E-state index in [1.54, 1.807) is 0 Å². The molecule has 0 aromatic rings. The van der Waals surface area contributed by atoms with Crippen LogP contribution in [0.5, 0.6) is 0 Å². The molecule has 0 spiro atoms. The van der Waals surface area contributed by atoms with E-state index in [1.165, 1.54) is 20.3 Å². The molecule has 0 heterocycles. The molecule has 0 atom stereocenters. The minimum absolute atomic E-state index is 0.182. The molecule has 0 unspecified atom stereocenters. The number of carbonyl (C=O) groups is 2. The molecule has 5 heteroatoms. The van der Waals surface area contributed by atoms with Crippen molar-refractivity contribution in [3.63, 3.8) is 0 Å². The molecular formula is C15H24O4Si. The first-order valence-corrected chi connectivity index (χ1v) is 10.0. The van der Waals surface area contributed by atoms with Gasteiger partial charge in [-0.05, 0) is 12.8 Å². The number of rotatable bonds is 6. The van der Waals surface area contributed by atoms with Crippen LogP contribution in [0.4, 0.5) is 0 Å². The molecule has 0 saturated carbocycles. The van der Waals surface area contributed by atoms with E-state index in [0.717, 1.165) is 0 Å². The minimum Gasteiger partial charge on any atom is -0.468 e. The molecule has 0 bridgehead atoms. The van der Waals surface area contributed by atoms with Gasteiger partial charge in [-0.25, -0.2) is 0 Å². The van der Waals surface area contributed by atoms with Crippen molar-refractivity contribution in [2.45, 2.75) is 38.9 Å². The molecule has 0 rings (SSSR count). The van der Waals surface area contributed by atoms with E-state index in [4.69, 9.17) is 9.47 Å². The third kappa shape index (κ3) is 5.22. The molecule has 0 aromatic heterocycles. The number of hydrogen-bond acceptors (Lipinski definition) is 4. The van der Waals surface area contributed by atoms with Crippen molar-refractivity contribution in [3.05, 3.63) is 12.7 Å². The van der Waals surface area contributed by atoms with E-state index < -0.39 is 25.4 Å². The first kappa shape index (κ1) is 18.5. The van der Waals surface area contributed by atoms with E-state index in [2.05, 4.69) is 37.7 Å². The fourth-order valence-electron chi connectivity index (χ4n) is 1.80. The second-order valence-corrected chi connectivity index (χ2v) is 10.4. The largest absolute Gasteiger partial charge is 0.468 e. The minimum atomic E-state index is -1.46. The molecule has 0 amide bonds. The van der Waals surface area contributed by atoms with Gasteiger partial charge in [-0.15, -0.1) is 18.0 Å². The van der Waals surface area contributed by atoms with Gasteiger partial charge in [0.05, 0.1) is 14.2 Å². The summed E-state index contributed by atoms with van der Waals surface area (Å²) in [7, 11) is 1.06. The number of allylic oxidation sites excluding steroid dienone is 1. The zero-order chi connectivity index (χ0) is 15.8. The summed E-state index contributed by atoms with van der Waals surface area (Å²) in [6, 6.07) is 0. The lowest BCUT2D eigenvalue weighted by atomic mass is 9.80. The summed E-state index contributed by atoms with van der Waals surface area (Å²) in [5.74, 6) is 1.86. The first-order valence-electron chi connectivity index (χ1n) is 6.51. The maximum Gasteiger partial charge on any atom is 0.323 e. The molecule has 0 aliphatic carbocycles. The molecule has 0 aromatic carbocycles. The predicted molar refractivity (Wildman–Crippen MR) is 81.6 cm³/mol. The number of hydrogen-bond donors (Lipinski definition) is 0. The molecule has 0 aliphatic rings. The molecule has 112 valence electrons. The number of carbonyl (C=O) groups excluding carboxylic acids is 2. The Morgan fingerprint density at radius 2 is 1.70 bits per heavy atom. The molecule has 0 N–H and O–H groups in total. The van der Waals surface area contributed by atoms with Crippen LogP contribution in [-0.2, 0) is 19.1 Å². The van der Waals surface area contributed by atoms with Crippen LogP contribution in [0.1, 0.15) is 19.3 Å². The highest BCUT2D eigenvalue weighted by molar-refractivity contribution is 6.83. The average Bonchev–Trinajstić information content (AvgIpc) is 2.39. The lowest BCUT2D eigenvalue weighted by molar-refractivity contribution is -0.169. The van der Waals surface area contributed by atoms with Gasteiger partial charge in [0, 0.05) is 6.42 Å². The summed E-state index contributed by atoms with van der Waals surface area (Å²) in [5.41, 5.74) is 1.88. The van der Waals surface area contributed by atoms with Crippen LogP contribution < -0.4 is 0 Å². The zero-order valence-corrected chi connectivity index (χ0v) is 14.0. The Morgan fingerprint density at radius 1 is 1.20 bits per heavy atom. The van der Waals surface area contributed by atoms with Gasteiger partial charge in [-0.1, -0.05) is 25.7 Å². The van der Waals surface area contributed by atoms with E-state index in [0.29, 0.717) is 6.42 Å². The van der Waals surface area contributed by atoms with Gasteiger partial charge in [0.25, 0.3) is 0 Å². The Bertz CT molecular complexity index is 407. The standard InChI is InChI=1S/C15H24O4Si/c1-7-10-15(13(16)18-2,14(17)19-3)11-8-9-12-20(4,5)6/h7H,1,8,10-11H2,2-6H3. The van der Waals surface area contributed by atoms with E-state index >= 15 is 0 Å². The summed E-state index contributed by atoms with van der Waals surface area (Å²) >= 11 is 0. The highest BCUT2D eigenvalue weighted by atomic mass is 28.3. The van der Waals surface area contributed by atoms with Crippen LogP contribution in [0.2, 0.25) is 19.6 Å². The summed E-state index contributed by atoms with van der Waals surface area (Å²) < 4.78 is 9.52. The van der Waals surface area contributed by atoms with Crippen molar-refractivity contribution in [1.82, 2.24) is 0 Å². The summed E-state index contributed by atoms with van der Waals surface area (Å²) in [6.45, 7) is 10.0. The number of esters is 2. The van der Waals surface area contributed by atoms with Crippen LogP contribution in [-0.4, -0.2) is 34.2 Å². The summed E-state index contributed by atoms with van der Waals surface area (Å²) in [4.78, 5) is 24.0. The van der Waals surface area contributed by atoms with E-state index in [1.807, 2.05) is 0 Å². The van der Waals surface area contributed by atoms with Gasteiger partial charge in [-0.2, -0.15) is 0 Å². The lowest BCUT2D eigenvalue weighted by Crippen LogP contribution is -2.41. The molecular weight excluding hydrogens is 272 g/mol. The molecule has 4 nitrogen and oxygen atoms in total. The van der Waals surface area contributed by atoms with Crippen molar-refractivity contribution < 1.29 is 19.1 Å². The smallest absolute Gasteiger partial charge is 0.323 e. The van der Waals surface area contributed by atoms with Crippen molar-refractivity contribution >= 4 is 20.0 Å². The van der Waals surface area contributed by atoms with Crippen molar-refractivity contribution in [2.24, 2.45) is 5.41 Å². The van der Waals surface area contributed by atoms with Crippen molar-refractivity contribution in [2.75, 3.05) is 14.2 Å². The quantitative estimate of drug-likeness (QED) is 0.248. The topological polar surface area (TPSA) is 52.6 Å². The van der Waals surface area contributed by atoms with Crippen LogP contribution in [0, 0.1) is 16.9 Å². The third-order valence-electron chi connectivity index (χ3n) is 2.79. The summed E-state index contributed by atoms with van der Waals surface area (Å²) in [5, 5.41) is 0. The van der Waals surface area contributed by atoms with Gasteiger partial charge >= 0.3 is 11.9 Å². The normalized spacial score (nSPS) is 11.1. The molecule has 0 aliphatic heterocycles. The van der Waals surface area contributed by atoms with Crippen molar-refractivity contribution in [1.29, 1.82) is 0 Å². The molecule has 0 saturated heterocycles. The number of ether oxygens (including phenoxy) is 2. The first-order chi connectivity index (χ1) is 9.23. The fraction of sp³-hybridized carbons (Fsp3) is 0.600. The maximum absolute atomic E-state index is 12.0. The van der Waals surface area contributed by atoms with Gasteiger partial charge in [0.15, 0.2) is 5.41 Å². The van der Waals surface area contributed by atoms with Crippen LogP contribution >= 0.6 is 0 Å². The van der Waals surface area contributed by atoms with Crippen LogP contribution in [0.3, 0.4) is 0 Å². The fourth-order valence-corrected chi connectivity index (χ4v) is 2.45. The van der Waals surface area contributed by atoms with E-state index in [-0.39, 0.29) is 12.8 Å². The Labute approximate surface area is 122 Å². The predicted octanol–water partition coefficient (Wildman–Crippen LogP) is 2.56. The Hall–Kier alpha value is -1.54. The Balaban J connectivity index is 5.19. The van der Waals surface area contributed by atoms with E-state index in [9.17, 15) is 9.59 Å². The summed E-state index contributed by atoms with van der Waals surface area (Å²) in [6.07, 6.45) is 2.43. The van der Waals surface area contributed by atoms with Gasteiger partial charge in [0.1, 0.15) is 8.07 Å². The SMILES string of the molecule is C=CCC(CCC#C[Si](C)(C)C)(C(=O)OC)C(=O)OC. The molecule has 20 heavy (non-hydrogen) atoms. The Kier molecular flexibility index (Phi) is 7.29. The lowest BCUT2D eigenvalue weighted by Gasteiger charge is -2.26. The highest BCUT2D eigenvalue weighted by Gasteiger charge is 2.46. The Morgan fingerprint density at radius 3 is 2.05 bits per heavy atom. The van der Waals surface area contributed by atoms with Crippen molar-refractivity contribution in [3.8, 4) is 11.5 Å². The number of methoxy groups -OCH3 is 2. The van der Waals surface area contributed by atoms with Crippen LogP contribution in [0.25, 0.3) is 0 Å². The average molecular weight is 296 g/mol. The second kappa shape index (κ2) is 7.90. The van der Waals surface area contributed by atoms with Gasteiger partial charge in [-0.3, -0.25) is 9.59 Å². The zero-order valence-electron chi connectivity index (χ0n) is 13.0. The molecule has 0 fully saturated rings. The third-order valence-corrected chi connectivity index (χ3v) is 3.71.